The van der Waals surface area contributed by atoms with Crippen molar-refractivity contribution in [3.8, 4) is 5.69 Å². The number of hydrogen-bond donors (Lipinski definition) is 2. The van der Waals surface area contributed by atoms with Crippen LogP contribution in [-0.4, -0.2) is 26.5 Å². The first-order valence-electron chi connectivity index (χ1n) is 11.0. The van der Waals surface area contributed by atoms with Gasteiger partial charge in [-0.3, -0.25) is 9.36 Å². The number of rotatable bonds is 7. The standard InChI is InChI=1S/C25H28BrN5O/c1-15(2)7-6-8-16(3)28-25(32)21-22-24(30-20-10-5-4-9-19(20)29-22)31(23(21)27)18-13-11-17(26)12-14-18/h4-5,9-16H,6-8,27H2,1-3H3,(H,28,32)/t16-/m0/s1. The summed E-state index contributed by atoms with van der Waals surface area (Å²) in [6.45, 7) is 6.46. The van der Waals surface area contributed by atoms with Crippen molar-refractivity contribution in [3.05, 3.63) is 58.6 Å². The number of carbonyl (C=O) groups is 1. The van der Waals surface area contributed by atoms with Gasteiger partial charge in [-0.1, -0.05) is 54.8 Å². The maximum absolute atomic E-state index is 13.3. The van der Waals surface area contributed by atoms with E-state index in [2.05, 4.69) is 35.1 Å². The Labute approximate surface area is 196 Å². The van der Waals surface area contributed by atoms with Gasteiger partial charge in [-0.15, -0.1) is 0 Å². The minimum Gasteiger partial charge on any atom is -0.384 e. The Morgan fingerprint density at radius 3 is 2.34 bits per heavy atom. The molecule has 0 aliphatic heterocycles. The van der Waals surface area contributed by atoms with E-state index in [1.165, 1.54) is 0 Å². The van der Waals surface area contributed by atoms with Gasteiger partial charge in [0.05, 0.1) is 11.0 Å². The van der Waals surface area contributed by atoms with Crippen molar-refractivity contribution >= 4 is 49.9 Å². The van der Waals surface area contributed by atoms with Crippen LogP contribution in [-0.2, 0) is 0 Å². The fourth-order valence-corrected chi connectivity index (χ4v) is 4.20. The predicted octanol–water partition coefficient (Wildman–Crippen LogP) is 5.86. The number of nitrogens with one attached hydrogen (secondary N) is 1. The molecule has 0 radical (unpaired) electrons. The zero-order valence-corrected chi connectivity index (χ0v) is 20.2. The summed E-state index contributed by atoms with van der Waals surface area (Å²) in [4.78, 5) is 22.9. The van der Waals surface area contributed by atoms with Crippen LogP contribution in [0.25, 0.3) is 27.9 Å². The van der Waals surface area contributed by atoms with Gasteiger partial charge < -0.3 is 11.1 Å². The number of aromatic nitrogens is 3. The molecule has 3 N–H and O–H groups in total. The Balaban J connectivity index is 1.79. The van der Waals surface area contributed by atoms with Gasteiger partial charge in [0, 0.05) is 16.2 Å². The average molecular weight is 494 g/mol. The number of nitrogens with zero attached hydrogens (tertiary/aromatic N) is 3. The lowest BCUT2D eigenvalue weighted by molar-refractivity contribution is 0.0940. The second-order valence-electron chi connectivity index (χ2n) is 8.66. The highest BCUT2D eigenvalue weighted by Gasteiger charge is 2.25. The molecule has 2 aromatic heterocycles. The zero-order valence-electron chi connectivity index (χ0n) is 18.6. The quantitative estimate of drug-likeness (QED) is 0.337. The molecule has 0 aliphatic rings. The highest BCUT2D eigenvalue weighted by molar-refractivity contribution is 9.10. The van der Waals surface area contributed by atoms with E-state index in [4.69, 9.17) is 15.7 Å². The molecule has 1 amide bonds. The molecule has 6 nitrogen and oxygen atoms in total. The molecule has 4 aromatic rings. The lowest BCUT2D eigenvalue weighted by Crippen LogP contribution is -2.33. The van der Waals surface area contributed by atoms with Gasteiger partial charge in [0.15, 0.2) is 5.65 Å². The molecule has 0 saturated carbocycles. The summed E-state index contributed by atoms with van der Waals surface area (Å²) < 4.78 is 2.76. The molecule has 2 heterocycles. The second kappa shape index (κ2) is 9.28. The number of benzene rings is 2. The molecular weight excluding hydrogens is 466 g/mol. The maximum Gasteiger partial charge on any atom is 0.257 e. The number of para-hydroxylation sites is 2. The summed E-state index contributed by atoms with van der Waals surface area (Å²) in [6, 6.07) is 15.4. The predicted molar refractivity (Wildman–Crippen MR) is 134 cm³/mol. The van der Waals surface area contributed by atoms with Crippen LogP contribution in [0.4, 0.5) is 5.82 Å². The number of anilines is 1. The van der Waals surface area contributed by atoms with E-state index >= 15 is 0 Å². The monoisotopic (exact) mass is 493 g/mol. The van der Waals surface area contributed by atoms with Crippen LogP contribution in [0.5, 0.6) is 0 Å². The fourth-order valence-electron chi connectivity index (χ4n) is 3.94. The highest BCUT2D eigenvalue weighted by Crippen LogP contribution is 2.31. The van der Waals surface area contributed by atoms with Gasteiger partial charge in [0.2, 0.25) is 0 Å². The Hall–Kier alpha value is -2.93. The lowest BCUT2D eigenvalue weighted by Gasteiger charge is -2.14. The topological polar surface area (TPSA) is 85.8 Å². The third kappa shape index (κ3) is 4.48. The fraction of sp³-hybridized carbons (Fsp3) is 0.320. The van der Waals surface area contributed by atoms with E-state index in [9.17, 15) is 4.79 Å². The first-order valence-corrected chi connectivity index (χ1v) is 11.8. The summed E-state index contributed by atoms with van der Waals surface area (Å²) in [5.74, 6) is 0.774. The number of nitrogen functional groups attached to an aromatic ring is 1. The van der Waals surface area contributed by atoms with Crippen LogP contribution in [0, 0.1) is 5.92 Å². The first-order chi connectivity index (χ1) is 15.3. The van der Waals surface area contributed by atoms with Gasteiger partial charge in [-0.25, -0.2) is 9.97 Å². The van der Waals surface area contributed by atoms with Crippen molar-refractivity contribution in [1.82, 2.24) is 19.9 Å². The largest absolute Gasteiger partial charge is 0.384 e. The highest BCUT2D eigenvalue weighted by atomic mass is 79.9. The molecule has 7 heteroatoms. The van der Waals surface area contributed by atoms with Crippen molar-refractivity contribution in [2.24, 2.45) is 5.92 Å². The van der Waals surface area contributed by atoms with Gasteiger partial charge in [0.1, 0.15) is 16.9 Å². The molecule has 0 unspecified atom stereocenters. The molecule has 166 valence electrons. The molecular formula is C25H28BrN5O. The zero-order chi connectivity index (χ0) is 22.8. The minimum atomic E-state index is -0.218. The average Bonchev–Trinajstić information content (AvgIpc) is 3.03. The third-order valence-corrected chi connectivity index (χ3v) is 6.13. The van der Waals surface area contributed by atoms with Gasteiger partial charge >= 0.3 is 0 Å². The molecule has 0 bridgehead atoms. The summed E-state index contributed by atoms with van der Waals surface area (Å²) in [5, 5.41) is 3.12. The number of amides is 1. The van der Waals surface area contributed by atoms with E-state index in [1.54, 1.807) is 4.57 Å². The second-order valence-corrected chi connectivity index (χ2v) is 9.57. The van der Waals surface area contributed by atoms with Crippen LogP contribution >= 0.6 is 15.9 Å². The normalized spacial score (nSPS) is 12.5. The van der Waals surface area contributed by atoms with Crippen LogP contribution in [0.15, 0.2) is 53.0 Å². The number of nitrogens with two attached hydrogens (primary N) is 1. The van der Waals surface area contributed by atoms with Crippen LogP contribution in [0.2, 0.25) is 0 Å². The number of halogens is 1. The van der Waals surface area contributed by atoms with E-state index in [0.717, 1.165) is 40.5 Å². The van der Waals surface area contributed by atoms with Crippen LogP contribution in [0.3, 0.4) is 0 Å². The molecule has 0 fully saturated rings. The summed E-state index contributed by atoms with van der Waals surface area (Å²) in [6.07, 6.45) is 3.13. The molecule has 0 aliphatic carbocycles. The lowest BCUT2D eigenvalue weighted by atomic mass is 10.0. The molecule has 2 aromatic carbocycles. The minimum absolute atomic E-state index is 0.0418. The summed E-state index contributed by atoms with van der Waals surface area (Å²) in [7, 11) is 0. The SMILES string of the molecule is CC(C)CCC[C@H](C)NC(=O)c1c(N)n(-c2ccc(Br)cc2)c2nc3ccccc3nc12. The van der Waals surface area contributed by atoms with Crippen LogP contribution in [0.1, 0.15) is 50.4 Å². The van der Waals surface area contributed by atoms with Crippen molar-refractivity contribution in [1.29, 1.82) is 0 Å². The van der Waals surface area contributed by atoms with Crippen LogP contribution < -0.4 is 11.1 Å². The van der Waals surface area contributed by atoms with E-state index in [-0.39, 0.29) is 11.9 Å². The Kier molecular flexibility index (Phi) is 6.46. The number of fused-ring (bicyclic) bond motifs is 2. The third-order valence-electron chi connectivity index (χ3n) is 5.61. The Morgan fingerprint density at radius 2 is 1.69 bits per heavy atom. The molecule has 1 atom stereocenters. The summed E-state index contributed by atoms with van der Waals surface area (Å²) in [5.41, 5.74) is 10.3. The van der Waals surface area contributed by atoms with E-state index in [0.29, 0.717) is 28.5 Å². The molecule has 32 heavy (non-hydrogen) atoms. The summed E-state index contributed by atoms with van der Waals surface area (Å²) >= 11 is 3.47. The van der Waals surface area contributed by atoms with Crippen molar-refractivity contribution in [3.63, 3.8) is 0 Å². The van der Waals surface area contributed by atoms with Gasteiger partial charge in [-0.2, -0.15) is 0 Å². The molecule has 0 saturated heterocycles. The Bertz CT molecular complexity index is 1260. The van der Waals surface area contributed by atoms with Gasteiger partial charge in [0.25, 0.3) is 5.91 Å². The van der Waals surface area contributed by atoms with Gasteiger partial charge in [-0.05, 0) is 55.7 Å². The Morgan fingerprint density at radius 1 is 1.03 bits per heavy atom. The van der Waals surface area contributed by atoms with E-state index in [1.807, 2.05) is 55.5 Å². The maximum atomic E-state index is 13.3. The van der Waals surface area contributed by atoms with Crippen molar-refractivity contribution in [2.75, 3.05) is 5.73 Å². The van der Waals surface area contributed by atoms with E-state index < -0.39 is 0 Å². The number of carbonyl (C=O) groups excluding carboxylic acids is 1. The number of hydrogen-bond acceptors (Lipinski definition) is 4. The first kappa shape index (κ1) is 22.3. The van der Waals surface area contributed by atoms with Crippen molar-refractivity contribution in [2.45, 2.75) is 46.1 Å². The smallest absolute Gasteiger partial charge is 0.257 e. The molecule has 0 spiro atoms. The molecule has 4 rings (SSSR count). The van der Waals surface area contributed by atoms with Crippen molar-refractivity contribution < 1.29 is 4.79 Å².